The molecule has 18 heavy (non-hydrogen) atoms. The van der Waals surface area contributed by atoms with E-state index < -0.39 is 5.67 Å². The Kier molecular flexibility index (Phi) is 5.90. The normalized spacial score (nSPS) is 17.3. The highest BCUT2D eigenvalue weighted by Crippen LogP contribution is 2.54. The summed E-state index contributed by atoms with van der Waals surface area (Å²) < 4.78 is 15.8. The lowest BCUT2D eigenvalue weighted by Crippen LogP contribution is -2.55. The fourth-order valence-corrected chi connectivity index (χ4v) is 4.18. The van der Waals surface area contributed by atoms with Crippen LogP contribution >= 0.6 is 0 Å². The summed E-state index contributed by atoms with van der Waals surface area (Å²) in [4.78, 5) is 0. The first-order valence-electron chi connectivity index (χ1n) is 7.59. The van der Waals surface area contributed by atoms with Crippen LogP contribution in [0.3, 0.4) is 0 Å². The van der Waals surface area contributed by atoms with Gasteiger partial charge in [-0.1, -0.05) is 62.3 Å². The molecule has 0 radical (unpaired) electrons. The third kappa shape index (κ3) is 2.91. The zero-order chi connectivity index (χ0) is 14.9. The van der Waals surface area contributed by atoms with E-state index >= 15 is 4.39 Å². The van der Waals surface area contributed by atoms with Crippen LogP contribution in [-0.2, 0) is 0 Å². The largest absolute Gasteiger partial charge is 0.243 e. The van der Waals surface area contributed by atoms with Crippen LogP contribution in [0.25, 0.3) is 0 Å². The molecule has 0 amide bonds. The lowest BCUT2D eigenvalue weighted by atomic mass is 9.54. The Labute approximate surface area is 115 Å². The summed E-state index contributed by atoms with van der Waals surface area (Å²) in [7, 11) is 0. The zero-order valence-electron chi connectivity index (χ0n) is 14.3. The minimum Gasteiger partial charge on any atom is -0.243 e. The molecule has 0 aromatic carbocycles. The third-order valence-electron chi connectivity index (χ3n) is 5.51. The summed E-state index contributed by atoms with van der Waals surface area (Å²) in [6.07, 6.45) is 0. The Morgan fingerprint density at radius 2 is 0.944 bits per heavy atom. The van der Waals surface area contributed by atoms with E-state index in [2.05, 4.69) is 62.3 Å². The highest BCUT2D eigenvalue weighted by molar-refractivity contribution is 5.02. The van der Waals surface area contributed by atoms with Crippen LogP contribution in [0.4, 0.5) is 4.39 Å². The molecule has 110 valence electrons. The molecule has 0 aliphatic rings. The second-order valence-corrected chi connectivity index (χ2v) is 7.68. The maximum atomic E-state index is 15.8. The van der Waals surface area contributed by atoms with Crippen molar-refractivity contribution in [1.29, 1.82) is 0 Å². The number of alkyl halides is 1. The summed E-state index contributed by atoms with van der Waals surface area (Å²) in [5.74, 6) is 1.53. The van der Waals surface area contributed by atoms with Crippen LogP contribution in [0, 0.1) is 35.0 Å². The smallest absolute Gasteiger partial charge is 0.117 e. The molecule has 0 nitrogen and oxygen atoms in total. The predicted octanol–water partition coefficient (Wildman–Crippen LogP) is 5.96. The van der Waals surface area contributed by atoms with Crippen molar-refractivity contribution in [2.45, 2.75) is 74.9 Å². The lowest BCUT2D eigenvalue weighted by molar-refractivity contribution is -0.116. The Bertz CT molecular complexity index is 232. The molecule has 0 aliphatic carbocycles. The van der Waals surface area contributed by atoms with Gasteiger partial charge in [0.25, 0.3) is 0 Å². The quantitative estimate of drug-likeness (QED) is 0.551. The van der Waals surface area contributed by atoms with Gasteiger partial charge < -0.3 is 0 Å². The van der Waals surface area contributed by atoms with Crippen LogP contribution in [0.15, 0.2) is 0 Å². The van der Waals surface area contributed by atoms with Gasteiger partial charge >= 0.3 is 0 Å². The minimum absolute atomic E-state index is 0.104. The summed E-state index contributed by atoms with van der Waals surface area (Å²) in [6, 6.07) is 0. The fraction of sp³-hybridized carbons (Fsp3) is 1.00. The van der Waals surface area contributed by atoms with E-state index in [0.717, 1.165) is 0 Å². The molecule has 0 aliphatic heterocycles. The first-order valence-corrected chi connectivity index (χ1v) is 7.59. The van der Waals surface area contributed by atoms with Crippen molar-refractivity contribution in [3.8, 4) is 0 Å². The summed E-state index contributed by atoms with van der Waals surface area (Å²) in [5, 5.41) is 0. The van der Waals surface area contributed by atoms with E-state index in [1.165, 1.54) is 0 Å². The molecule has 0 rings (SSSR count). The molecule has 0 heterocycles. The molecule has 1 atom stereocenters. The van der Waals surface area contributed by atoms with Gasteiger partial charge in [-0.2, -0.15) is 0 Å². The topological polar surface area (TPSA) is 0 Å². The van der Waals surface area contributed by atoms with Gasteiger partial charge in [-0.05, 0) is 36.5 Å². The van der Waals surface area contributed by atoms with Crippen molar-refractivity contribution >= 4 is 0 Å². The summed E-state index contributed by atoms with van der Waals surface area (Å²) in [5.41, 5.74) is -1.43. The molecule has 0 aromatic rings. The highest BCUT2D eigenvalue weighted by atomic mass is 19.1. The van der Waals surface area contributed by atoms with Gasteiger partial charge in [-0.3, -0.25) is 0 Å². The molecule has 0 N–H and O–H groups in total. The van der Waals surface area contributed by atoms with Crippen LogP contribution in [-0.4, -0.2) is 5.67 Å². The second kappa shape index (κ2) is 5.92. The number of hydrogen-bond acceptors (Lipinski definition) is 0. The van der Waals surface area contributed by atoms with Crippen molar-refractivity contribution in [2.24, 2.45) is 35.0 Å². The third-order valence-corrected chi connectivity index (χ3v) is 5.51. The minimum atomic E-state index is -1.14. The van der Waals surface area contributed by atoms with E-state index in [-0.39, 0.29) is 11.3 Å². The maximum absolute atomic E-state index is 15.8. The predicted molar refractivity (Wildman–Crippen MR) is 80.5 cm³/mol. The molecule has 0 saturated heterocycles. The van der Waals surface area contributed by atoms with Gasteiger partial charge in [0.2, 0.25) is 0 Å². The van der Waals surface area contributed by atoms with Crippen LogP contribution in [0.1, 0.15) is 69.2 Å². The van der Waals surface area contributed by atoms with Crippen LogP contribution in [0.5, 0.6) is 0 Å². The van der Waals surface area contributed by atoms with Crippen molar-refractivity contribution in [3.63, 3.8) is 0 Å². The van der Waals surface area contributed by atoms with Gasteiger partial charge in [0.05, 0.1) is 0 Å². The Hall–Kier alpha value is -0.0700. The average molecular weight is 258 g/mol. The number of halogens is 1. The van der Waals surface area contributed by atoms with Gasteiger partial charge in [-0.25, -0.2) is 4.39 Å². The summed E-state index contributed by atoms with van der Waals surface area (Å²) in [6.45, 7) is 21.3. The van der Waals surface area contributed by atoms with Crippen molar-refractivity contribution in [3.05, 3.63) is 0 Å². The Balaban J connectivity index is 5.68. The SMILES string of the molecule is CC(C)C(C(C)C)[C@@](C)(F)C(C)(C(C)C)C(C)C. The Morgan fingerprint density at radius 1 is 0.667 bits per heavy atom. The first kappa shape index (κ1) is 17.9. The van der Waals surface area contributed by atoms with Gasteiger partial charge in [0.15, 0.2) is 0 Å². The van der Waals surface area contributed by atoms with Crippen molar-refractivity contribution < 1.29 is 4.39 Å². The lowest BCUT2D eigenvalue weighted by Gasteiger charge is -2.53. The molecule has 0 aromatic heterocycles. The fourth-order valence-electron chi connectivity index (χ4n) is 4.18. The zero-order valence-corrected chi connectivity index (χ0v) is 14.3. The first-order chi connectivity index (χ1) is 7.90. The van der Waals surface area contributed by atoms with Gasteiger partial charge in [-0.15, -0.1) is 0 Å². The number of rotatable bonds is 6. The molecular formula is C17H35F. The molecular weight excluding hydrogens is 223 g/mol. The van der Waals surface area contributed by atoms with E-state index in [4.69, 9.17) is 0 Å². The summed E-state index contributed by atoms with van der Waals surface area (Å²) >= 11 is 0. The molecule has 0 spiro atoms. The van der Waals surface area contributed by atoms with Crippen LogP contribution in [0.2, 0.25) is 0 Å². The average Bonchev–Trinajstić information content (AvgIpc) is 2.12. The standard InChI is InChI=1S/C17H35F/c1-11(2)15(12(3)4)17(10,18)16(9,13(5)6)14(7)8/h11-15H,1-10H3/t17-/m1/s1. The van der Waals surface area contributed by atoms with Crippen molar-refractivity contribution in [1.82, 2.24) is 0 Å². The van der Waals surface area contributed by atoms with E-state index in [1.54, 1.807) is 0 Å². The van der Waals surface area contributed by atoms with Gasteiger partial charge in [0.1, 0.15) is 5.67 Å². The molecule has 0 fully saturated rings. The molecule has 1 heteroatoms. The maximum Gasteiger partial charge on any atom is 0.117 e. The molecule has 0 saturated carbocycles. The van der Waals surface area contributed by atoms with Gasteiger partial charge in [0, 0.05) is 5.41 Å². The van der Waals surface area contributed by atoms with E-state index in [0.29, 0.717) is 23.7 Å². The number of hydrogen-bond donors (Lipinski definition) is 0. The van der Waals surface area contributed by atoms with Crippen LogP contribution < -0.4 is 0 Å². The molecule has 0 unspecified atom stereocenters. The second-order valence-electron chi connectivity index (χ2n) is 7.68. The van der Waals surface area contributed by atoms with E-state index in [1.807, 2.05) is 6.92 Å². The molecule has 0 bridgehead atoms. The Morgan fingerprint density at radius 3 is 1.11 bits per heavy atom. The highest BCUT2D eigenvalue weighted by Gasteiger charge is 2.54. The van der Waals surface area contributed by atoms with Crippen molar-refractivity contribution in [2.75, 3.05) is 0 Å². The monoisotopic (exact) mass is 258 g/mol. The van der Waals surface area contributed by atoms with E-state index in [9.17, 15) is 0 Å².